The van der Waals surface area contributed by atoms with Gasteiger partial charge in [-0.2, -0.15) is 0 Å². The van der Waals surface area contributed by atoms with Crippen LogP contribution in [0.5, 0.6) is 0 Å². The van der Waals surface area contributed by atoms with Gasteiger partial charge in [-0.3, -0.25) is 0 Å². The van der Waals surface area contributed by atoms with Crippen LogP contribution in [0.4, 0.5) is 5.82 Å². The second-order valence-corrected chi connectivity index (χ2v) is 4.08. The number of aryl methyl sites for hydroxylation is 1. The highest BCUT2D eigenvalue weighted by Gasteiger charge is 2.08. The maximum absolute atomic E-state index is 5.76. The number of hydrogen-bond acceptors (Lipinski definition) is 5. The van der Waals surface area contributed by atoms with Crippen molar-refractivity contribution >= 4 is 28.7 Å². The highest BCUT2D eigenvalue weighted by atomic mass is 32.2. The maximum atomic E-state index is 5.76. The van der Waals surface area contributed by atoms with E-state index < -0.39 is 0 Å². The third kappa shape index (κ3) is 1.41. The van der Waals surface area contributed by atoms with Gasteiger partial charge in [0.15, 0.2) is 16.6 Å². The minimum Gasteiger partial charge on any atom is -0.382 e. The quantitative estimate of drug-likeness (QED) is 0.591. The van der Waals surface area contributed by atoms with Gasteiger partial charge in [-0.05, 0) is 5.75 Å². The summed E-state index contributed by atoms with van der Waals surface area (Å²) in [6.07, 6.45) is 1.69. The third-order valence-electron chi connectivity index (χ3n) is 1.84. The fourth-order valence-corrected chi connectivity index (χ4v) is 1.77. The van der Waals surface area contributed by atoms with Gasteiger partial charge < -0.3 is 10.3 Å². The van der Waals surface area contributed by atoms with Crippen LogP contribution in [0.25, 0.3) is 11.2 Å². The molecule has 0 fully saturated rings. The Labute approximate surface area is 85.7 Å². The van der Waals surface area contributed by atoms with Crippen LogP contribution in [0.1, 0.15) is 6.92 Å². The second-order valence-electron chi connectivity index (χ2n) is 2.85. The molecule has 2 aromatic rings. The maximum Gasteiger partial charge on any atom is 0.191 e. The van der Waals surface area contributed by atoms with Crippen LogP contribution in [-0.4, -0.2) is 25.3 Å². The molecule has 0 saturated carbocycles. The highest BCUT2D eigenvalue weighted by Crippen LogP contribution is 2.20. The molecule has 2 N–H and O–H groups in total. The molecule has 0 aliphatic rings. The molecule has 0 unspecified atom stereocenters. The van der Waals surface area contributed by atoms with Crippen molar-refractivity contribution in [3.05, 3.63) is 6.33 Å². The molecule has 0 bridgehead atoms. The van der Waals surface area contributed by atoms with E-state index in [1.54, 1.807) is 18.1 Å². The van der Waals surface area contributed by atoms with Crippen LogP contribution < -0.4 is 5.73 Å². The molecule has 6 heteroatoms. The number of fused-ring (bicyclic) bond motifs is 1. The number of nitrogens with zero attached hydrogens (tertiary/aromatic N) is 4. The molecule has 0 aliphatic heterocycles. The lowest BCUT2D eigenvalue weighted by Gasteiger charge is -2.00. The van der Waals surface area contributed by atoms with Gasteiger partial charge in [-0.25, -0.2) is 15.0 Å². The van der Waals surface area contributed by atoms with E-state index in [1.807, 2.05) is 11.6 Å². The molecule has 0 amide bonds. The largest absolute Gasteiger partial charge is 0.382 e. The standard InChI is InChI=1S/C8H11N5S/c1-3-14-8-11-6(9)5-7(12-8)13(2)4-10-5/h4H,3H2,1-2H3,(H2,9,11,12). The van der Waals surface area contributed by atoms with Crippen LogP contribution >= 0.6 is 11.8 Å². The number of rotatable bonds is 2. The second kappa shape index (κ2) is 3.45. The molecule has 74 valence electrons. The van der Waals surface area contributed by atoms with Crippen molar-refractivity contribution in [2.24, 2.45) is 7.05 Å². The molecule has 0 radical (unpaired) electrons. The van der Waals surface area contributed by atoms with E-state index >= 15 is 0 Å². The highest BCUT2D eigenvalue weighted by molar-refractivity contribution is 7.99. The van der Waals surface area contributed by atoms with Crippen LogP contribution in [0.2, 0.25) is 0 Å². The fourth-order valence-electron chi connectivity index (χ4n) is 1.20. The van der Waals surface area contributed by atoms with Crippen molar-refractivity contribution in [2.45, 2.75) is 12.1 Å². The summed E-state index contributed by atoms with van der Waals surface area (Å²) < 4.78 is 1.84. The number of hydrogen-bond donors (Lipinski definition) is 1. The molecule has 5 nitrogen and oxygen atoms in total. The van der Waals surface area contributed by atoms with E-state index in [1.165, 1.54) is 0 Å². The van der Waals surface area contributed by atoms with Crippen molar-refractivity contribution < 1.29 is 0 Å². The van der Waals surface area contributed by atoms with Gasteiger partial charge in [-0.15, -0.1) is 0 Å². The SMILES string of the molecule is CCSc1nc(N)c2ncn(C)c2n1. The molecule has 0 atom stereocenters. The Bertz CT molecular complexity index is 464. The van der Waals surface area contributed by atoms with Crippen molar-refractivity contribution in [2.75, 3.05) is 11.5 Å². The summed E-state index contributed by atoms with van der Waals surface area (Å²) in [5.41, 5.74) is 7.22. The van der Waals surface area contributed by atoms with Gasteiger partial charge in [0.1, 0.15) is 5.52 Å². The van der Waals surface area contributed by atoms with Gasteiger partial charge >= 0.3 is 0 Å². The summed E-state index contributed by atoms with van der Waals surface area (Å²) in [7, 11) is 1.89. The Hall–Kier alpha value is -1.30. The zero-order valence-electron chi connectivity index (χ0n) is 8.06. The Balaban J connectivity index is 2.63. The normalized spacial score (nSPS) is 11.0. The molecule has 0 aliphatic carbocycles. The van der Waals surface area contributed by atoms with E-state index in [0.717, 1.165) is 11.4 Å². The lowest BCUT2D eigenvalue weighted by molar-refractivity contribution is 0.902. The first-order valence-corrected chi connectivity index (χ1v) is 5.28. The number of anilines is 1. The summed E-state index contributed by atoms with van der Waals surface area (Å²) in [6, 6.07) is 0. The summed E-state index contributed by atoms with van der Waals surface area (Å²) in [4.78, 5) is 12.6. The fraction of sp³-hybridized carbons (Fsp3) is 0.375. The zero-order chi connectivity index (χ0) is 10.1. The lowest BCUT2D eigenvalue weighted by Crippen LogP contribution is -1.98. The van der Waals surface area contributed by atoms with Crippen LogP contribution in [0.15, 0.2) is 11.5 Å². The van der Waals surface area contributed by atoms with Gasteiger partial charge in [0, 0.05) is 7.05 Å². The Morgan fingerprint density at radius 2 is 2.29 bits per heavy atom. The summed E-state index contributed by atoms with van der Waals surface area (Å²) in [6.45, 7) is 2.05. The smallest absolute Gasteiger partial charge is 0.191 e. The number of thioether (sulfide) groups is 1. The molecular weight excluding hydrogens is 198 g/mol. The lowest BCUT2D eigenvalue weighted by atomic mass is 10.5. The van der Waals surface area contributed by atoms with E-state index in [-0.39, 0.29) is 0 Å². The minimum absolute atomic E-state index is 0.451. The minimum atomic E-state index is 0.451. The van der Waals surface area contributed by atoms with Crippen molar-refractivity contribution in [1.82, 2.24) is 19.5 Å². The average Bonchev–Trinajstić information content (AvgIpc) is 2.49. The molecule has 0 saturated heterocycles. The first kappa shape index (κ1) is 9.26. The number of nitrogen functional groups attached to an aromatic ring is 1. The number of aromatic nitrogens is 4. The van der Waals surface area contributed by atoms with Gasteiger partial charge in [0.25, 0.3) is 0 Å². The van der Waals surface area contributed by atoms with Crippen LogP contribution in [0.3, 0.4) is 0 Å². The van der Waals surface area contributed by atoms with Gasteiger partial charge in [0.05, 0.1) is 6.33 Å². The van der Waals surface area contributed by atoms with Gasteiger partial charge in [0.2, 0.25) is 0 Å². The zero-order valence-corrected chi connectivity index (χ0v) is 8.88. The summed E-state index contributed by atoms with van der Waals surface area (Å²) >= 11 is 1.57. The third-order valence-corrected chi connectivity index (χ3v) is 2.57. The first-order valence-electron chi connectivity index (χ1n) is 4.29. The molecule has 0 aromatic carbocycles. The van der Waals surface area contributed by atoms with Crippen molar-refractivity contribution in [1.29, 1.82) is 0 Å². The summed E-state index contributed by atoms with van der Waals surface area (Å²) in [5, 5.41) is 0.709. The van der Waals surface area contributed by atoms with Crippen molar-refractivity contribution in [3.8, 4) is 0 Å². The van der Waals surface area contributed by atoms with Crippen LogP contribution in [0, 0.1) is 0 Å². The predicted molar refractivity (Wildman–Crippen MR) is 57.1 cm³/mol. The topological polar surface area (TPSA) is 69.6 Å². The van der Waals surface area contributed by atoms with Crippen molar-refractivity contribution in [3.63, 3.8) is 0 Å². The first-order chi connectivity index (χ1) is 6.72. The van der Waals surface area contributed by atoms with Gasteiger partial charge in [-0.1, -0.05) is 18.7 Å². The van der Waals surface area contributed by atoms with E-state index in [0.29, 0.717) is 16.5 Å². The Morgan fingerprint density at radius 3 is 3.00 bits per heavy atom. The van der Waals surface area contributed by atoms with E-state index in [2.05, 4.69) is 21.9 Å². The summed E-state index contributed by atoms with van der Waals surface area (Å²) in [5.74, 6) is 1.38. The molecule has 0 spiro atoms. The average molecular weight is 209 g/mol. The Kier molecular flexibility index (Phi) is 2.28. The molecule has 2 heterocycles. The predicted octanol–water partition coefficient (Wildman–Crippen LogP) is 1.06. The molecular formula is C8H11N5S. The Morgan fingerprint density at radius 1 is 1.50 bits per heavy atom. The van der Waals surface area contributed by atoms with E-state index in [4.69, 9.17) is 5.73 Å². The number of nitrogens with two attached hydrogens (primary N) is 1. The van der Waals surface area contributed by atoms with E-state index in [9.17, 15) is 0 Å². The number of imidazole rings is 1. The monoisotopic (exact) mass is 209 g/mol. The molecule has 2 rings (SSSR count). The molecule has 14 heavy (non-hydrogen) atoms. The van der Waals surface area contributed by atoms with Crippen LogP contribution in [-0.2, 0) is 7.05 Å². The molecule has 2 aromatic heterocycles.